The van der Waals surface area contributed by atoms with Gasteiger partial charge in [-0.25, -0.2) is 4.39 Å². The molecule has 6 heteroatoms. The zero-order chi connectivity index (χ0) is 21.1. The zero-order valence-electron chi connectivity index (χ0n) is 16.3. The highest BCUT2D eigenvalue weighted by Gasteiger charge is 2.29. The van der Waals surface area contributed by atoms with Crippen molar-refractivity contribution in [2.24, 2.45) is 0 Å². The molecule has 0 spiro atoms. The molecule has 0 aromatic heterocycles. The van der Waals surface area contributed by atoms with Crippen molar-refractivity contribution in [3.63, 3.8) is 0 Å². The first-order valence-corrected chi connectivity index (χ1v) is 10.6. The molecule has 1 atom stereocenters. The Balaban J connectivity index is 1.53. The highest BCUT2D eigenvalue weighted by Crippen LogP contribution is 2.30. The van der Waals surface area contributed by atoms with Crippen molar-refractivity contribution in [2.75, 3.05) is 26.2 Å². The van der Waals surface area contributed by atoms with E-state index in [1.807, 2.05) is 35.2 Å². The fraction of sp³-hybridized carbons (Fsp3) is 0.208. The number of benzene rings is 3. The first-order chi connectivity index (χ1) is 14.5. The van der Waals surface area contributed by atoms with Crippen molar-refractivity contribution in [1.29, 1.82) is 0 Å². The van der Waals surface area contributed by atoms with E-state index >= 15 is 0 Å². The number of nitrogens with zero attached hydrogens (tertiary/aromatic N) is 2. The van der Waals surface area contributed by atoms with E-state index in [4.69, 9.17) is 23.2 Å². The van der Waals surface area contributed by atoms with Crippen molar-refractivity contribution in [2.45, 2.75) is 6.04 Å². The van der Waals surface area contributed by atoms with Gasteiger partial charge in [0.2, 0.25) is 0 Å². The molecule has 4 rings (SSSR count). The Kier molecular flexibility index (Phi) is 6.38. The maximum Gasteiger partial charge on any atom is 0.255 e. The van der Waals surface area contributed by atoms with Gasteiger partial charge in [0.05, 0.1) is 16.6 Å². The molecule has 1 fully saturated rings. The molecule has 1 heterocycles. The average Bonchev–Trinajstić information content (AvgIpc) is 2.76. The van der Waals surface area contributed by atoms with Gasteiger partial charge in [-0.15, -0.1) is 0 Å². The number of hydrogen-bond acceptors (Lipinski definition) is 2. The summed E-state index contributed by atoms with van der Waals surface area (Å²) < 4.78 is 13.5. The minimum atomic E-state index is -0.249. The van der Waals surface area contributed by atoms with Crippen molar-refractivity contribution in [3.05, 3.63) is 105 Å². The van der Waals surface area contributed by atoms with E-state index in [0.717, 1.165) is 11.1 Å². The van der Waals surface area contributed by atoms with Crippen LogP contribution in [0.2, 0.25) is 10.0 Å². The fourth-order valence-electron chi connectivity index (χ4n) is 3.91. The summed E-state index contributed by atoms with van der Waals surface area (Å²) in [5.74, 6) is -0.338. The molecule has 30 heavy (non-hydrogen) atoms. The second-order valence-corrected chi connectivity index (χ2v) is 8.16. The maximum absolute atomic E-state index is 13.5. The van der Waals surface area contributed by atoms with Crippen LogP contribution in [0.4, 0.5) is 4.39 Å². The van der Waals surface area contributed by atoms with Crippen molar-refractivity contribution in [1.82, 2.24) is 9.80 Å². The Hall–Kier alpha value is -2.40. The summed E-state index contributed by atoms with van der Waals surface area (Å²) in [4.78, 5) is 17.1. The van der Waals surface area contributed by atoms with Crippen LogP contribution >= 0.6 is 23.2 Å². The lowest BCUT2D eigenvalue weighted by Crippen LogP contribution is -2.49. The van der Waals surface area contributed by atoms with Gasteiger partial charge in [-0.05, 0) is 41.5 Å². The van der Waals surface area contributed by atoms with Crippen LogP contribution in [0.25, 0.3) is 0 Å². The first kappa shape index (κ1) is 20.9. The minimum absolute atomic E-state index is 0.00294. The molecule has 0 aliphatic carbocycles. The van der Waals surface area contributed by atoms with Gasteiger partial charge in [-0.3, -0.25) is 9.69 Å². The maximum atomic E-state index is 13.5. The Bertz CT molecular complexity index is 1020. The number of hydrogen-bond donors (Lipinski definition) is 0. The van der Waals surface area contributed by atoms with Crippen LogP contribution in [-0.2, 0) is 0 Å². The highest BCUT2D eigenvalue weighted by atomic mass is 35.5. The van der Waals surface area contributed by atoms with Crippen LogP contribution in [0.5, 0.6) is 0 Å². The Morgan fingerprint density at radius 1 is 0.833 bits per heavy atom. The SMILES string of the molecule is O=C(c1ccc(Cl)cc1Cl)N1CCN(C(c2ccccc2)c2ccc(F)cc2)CC1. The van der Waals surface area contributed by atoms with E-state index in [0.29, 0.717) is 41.8 Å². The largest absolute Gasteiger partial charge is 0.336 e. The molecule has 1 amide bonds. The molecule has 3 aromatic carbocycles. The topological polar surface area (TPSA) is 23.6 Å². The molecule has 154 valence electrons. The van der Waals surface area contributed by atoms with Crippen LogP contribution in [-0.4, -0.2) is 41.9 Å². The van der Waals surface area contributed by atoms with Gasteiger partial charge in [0.15, 0.2) is 0 Å². The third-order valence-corrected chi connectivity index (χ3v) is 5.98. The van der Waals surface area contributed by atoms with Gasteiger partial charge in [0.1, 0.15) is 5.82 Å². The molecule has 0 saturated carbocycles. The number of amides is 1. The van der Waals surface area contributed by atoms with Gasteiger partial charge in [-0.1, -0.05) is 65.7 Å². The van der Waals surface area contributed by atoms with Crippen LogP contribution in [0.15, 0.2) is 72.8 Å². The number of piperazine rings is 1. The molecule has 0 bridgehead atoms. The first-order valence-electron chi connectivity index (χ1n) is 9.82. The third-order valence-electron chi connectivity index (χ3n) is 5.43. The molecule has 1 saturated heterocycles. The number of carbonyl (C=O) groups is 1. The summed E-state index contributed by atoms with van der Waals surface area (Å²) in [6, 6.07) is 21.8. The number of rotatable bonds is 4. The normalized spacial score (nSPS) is 15.8. The van der Waals surface area contributed by atoms with Gasteiger partial charge in [0, 0.05) is 31.2 Å². The van der Waals surface area contributed by atoms with Crippen molar-refractivity contribution < 1.29 is 9.18 Å². The Morgan fingerprint density at radius 3 is 2.10 bits per heavy atom. The van der Waals surface area contributed by atoms with Crippen LogP contribution in [0, 0.1) is 5.82 Å². The van der Waals surface area contributed by atoms with Crippen LogP contribution in [0.3, 0.4) is 0 Å². The van der Waals surface area contributed by atoms with Crippen molar-refractivity contribution >= 4 is 29.1 Å². The van der Waals surface area contributed by atoms with Crippen LogP contribution < -0.4 is 0 Å². The van der Waals surface area contributed by atoms with Gasteiger partial charge < -0.3 is 4.90 Å². The second kappa shape index (κ2) is 9.17. The smallest absolute Gasteiger partial charge is 0.255 e. The molecule has 1 unspecified atom stereocenters. The van der Waals surface area contributed by atoms with E-state index in [1.165, 1.54) is 12.1 Å². The number of carbonyl (C=O) groups excluding carboxylic acids is 1. The fourth-order valence-corrected chi connectivity index (χ4v) is 4.40. The van der Waals surface area contributed by atoms with E-state index in [2.05, 4.69) is 17.0 Å². The summed E-state index contributed by atoms with van der Waals surface area (Å²) >= 11 is 12.2. The Labute approximate surface area is 185 Å². The molecular formula is C24H21Cl2FN2O. The minimum Gasteiger partial charge on any atom is -0.336 e. The predicted octanol–water partition coefficient (Wildman–Crippen LogP) is 5.68. The summed E-state index contributed by atoms with van der Waals surface area (Å²) in [7, 11) is 0. The van der Waals surface area contributed by atoms with E-state index in [-0.39, 0.29) is 17.8 Å². The third kappa shape index (κ3) is 4.51. The molecule has 1 aliphatic rings. The number of halogens is 3. The average molecular weight is 443 g/mol. The second-order valence-electron chi connectivity index (χ2n) is 7.32. The van der Waals surface area contributed by atoms with Gasteiger partial charge in [-0.2, -0.15) is 0 Å². The summed E-state index contributed by atoms with van der Waals surface area (Å²) in [6.07, 6.45) is 0. The van der Waals surface area contributed by atoms with E-state index in [9.17, 15) is 9.18 Å². The van der Waals surface area contributed by atoms with Gasteiger partial charge >= 0.3 is 0 Å². The van der Waals surface area contributed by atoms with Crippen molar-refractivity contribution in [3.8, 4) is 0 Å². The molecule has 3 nitrogen and oxygen atoms in total. The Morgan fingerprint density at radius 2 is 1.47 bits per heavy atom. The molecule has 3 aromatic rings. The lowest BCUT2D eigenvalue weighted by molar-refractivity contribution is 0.0597. The molecular weight excluding hydrogens is 422 g/mol. The quantitative estimate of drug-likeness (QED) is 0.518. The summed E-state index contributed by atoms with van der Waals surface area (Å²) in [6.45, 7) is 2.58. The van der Waals surface area contributed by atoms with Gasteiger partial charge in [0.25, 0.3) is 5.91 Å². The van der Waals surface area contributed by atoms with Crippen LogP contribution in [0.1, 0.15) is 27.5 Å². The molecule has 1 aliphatic heterocycles. The lowest BCUT2D eigenvalue weighted by Gasteiger charge is -2.40. The molecule has 0 radical (unpaired) electrons. The van der Waals surface area contributed by atoms with E-state index in [1.54, 1.807) is 18.2 Å². The highest BCUT2D eigenvalue weighted by molar-refractivity contribution is 6.36. The van der Waals surface area contributed by atoms with E-state index < -0.39 is 0 Å². The monoisotopic (exact) mass is 442 g/mol. The molecule has 0 N–H and O–H groups in total. The summed E-state index contributed by atoms with van der Waals surface area (Å²) in [5.41, 5.74) is 2.64. The lowest BCUT2D eigenvalue weighted by atomic mass is 9.96. The zero-order valence-corrected chi connectivity index (χ0v) is 17.8. The standard InChI is InChI=1S/C24H21Cl2FN2O/c25-19-8-11-21(22(26)16-19)24(30)29-14-12-28(13-15-29)23(17-4-2-1-3-5-17)18-6-9-20(27)10-7-18/h1-11,16,23H,12-15H2. The summed E-state index contributed by atoms with van der Waals surface area (Å²) in [5, 5.41) is 0.870. The predicted molar refractivity (Wildman–Crippen MR) is 119 cm³/mol.